The van der Waals surface area contributed by atoms with Crippen molar-refractivity contribution in [3.05, 3.63) is 0 Å². The van der Waals surface area contributed by atoms with E-state index in [1.165, 1.54) is 38.9 Å². The average Bonchev–Trinajstić information content (AvgIpc) is 2.25. The lowest BCUT2D eigenvalue weighted by atomic mass is 9.94. The molecule has 0 aromatic carbocycles. The average molecular weight is 200 g/mol. The highest BCUT2D eigenvalue weighted by Crippen LogP contribution is 2.20. The number of likely N-dealkylation sites (tertiary alicyclic amines) is 1. The van der Waals surface area contributed by atoms with Gasteiger partial charge in [-0.05, 0) is 57.8 Å². The lowest BCUT2D eigenvalue weighted by Gasteiger charge is -2.31. The summed E-state index contributed by atoms with van der Waals surface area (Å²) in [6.45, 7) is 5.45. The van der Waals surface area contributed by atoms with E-state index < -0.39 is 0 Å². The molecule has 0 spiro atoms. The molecule has 1 heterocycles. The van der Waals surface area contributed by atoms with Gasteiger partial charge in [-0.3, -0.25) is 0 Å². The molecule has 0 aliphatic carbocycles. The summed E-state index contributed by atoms with van der Waals surface area (Å²) in [7, 11) is 1.79. The Kier molecular flexibility index (Phi) is 6.15. The summed E-state index contributed by atoms with van der Waals surface area (Å²) in [4.78, 5) is 2.54. The van der Waals surface area contributed by atoms with Gasteiger partial charge in [0.15, 0.2) is 0 Å². The van der Waals surface area contributed by atoms with Crippen LogP contribution in [0, 0.1) is 5.92 Å². The predicted molar refractivity (Wildman–Crippen MR) is 59.3 cm³/mol. The lowest BCUT2D eigenvalue weighted by molar-refractivity contribution is 0.135. The van der Waals surface area contributed by atoms with Crippen molar-refractivity contribution in [1.82, 2.24) is 4.90 Å². The molecule has 2 N–H and O–H groups in total. The number of hydrogen-bond acceptors (Lipinski definition) is 3. The molecular formula is C11H24N2O. The fourth-order valence-electron chi connectivity index (χ4n) is 2.10. The maximum Gasteiger partial charge on any atom is 0.0464 e. The van der Waals surface area contributed by atoms with Crippen molar-refractivity contribution >= 4 is 0 Å². The summed E-state index contributed by atoms with van der Waals surface area (Å²) in [5, 5.41) is 0. The minimum Gasteiger partial charge on any atom is -0.385 e. The summed E-state index contributed by atoms with van der Waals surface area (Å²) in [6.07, 6.45) is 5.06. The van der Waals surface area contributed by atoms with Crippen LogP contribution in [-0.4, -0.2) is 44.8 Å². The molecule has 0 radical (unpaired) electrons. The van der Waals surface area contributed by atoms with Gasteiger partial charge in [0.1, 0.15) is 0 Å². The number of rotatable bonds is 6. The SMILES string of the molecule is COCCC1CCN(CCCN)CC1. The van der Waals surface area contributed by atoms with Gasteiger partial charge < -0.3 is 15.4 Å². The summed E-state index contributed by atoms with van der Waals surface area (Å²) < 4.78 is 5.11. The van der Waals surface area contributed by atoms with Crippen LogP contribution in [0.1, 0.15) is 25.7 Å². The van der Waals surface area contributed by atoms with Crippen molar-refractivity contribution in [3.63, 3.8) is 0 Å². The number of piperidine rings is 1. The van der Waals surface area contributed by atoms with Gasteiger partial charge in [0.05, 0.1) is 0 Å². The van der Waals surface area contributed by atoms with Crippen molar-refractivity contribution in [2.75, 3.05) is 39.9 Å². The van der Waals surface area contributed by atoms with Crippen molar-refractivity contribution in [3.8, 4) is 0 Å². The molecule has 1 aliphatic heterocycles. The molecule has 0 amide bonds. The van der Waals surface area contributed by atoms with Gasteiger partial charge in [0.2, 0.25) is 0 Å². The van der Waals surface area contributed by atoms with Gasteiger partial charge in [0.25, 0.3) is 0 Å². The molecule has 84 valence electrons. The molecule has 3 heteroatoms. The Hall–Kier alpha value is -0.120. The van der Waals surface area contributed by atoms with E-state index >= 15 is 0 Å². The predicted octanol–water partition coefficient (Wildman–Crippen LogP) is 1.08. The van der Waals surface area contributed by atoms with Crippen LogP contribution in [0.4, 0.5) is 0 Å². The molecule has 1 fully saturated rings. The second kappa shape index (κ2) is 7.21. The normalized spacial score (nSPS) is 20.1. The zero-order valence-corrected chi connectivity index (χ0v) is 9.37. The van der Waals surface area contributed by atoms with E-state index in [1.807, 2.05) is 0 Å². The third-order valence-corrected chi connectivity index (χ3v) is 3.12. The Morgan fingerprint density at radius 1 is 1.36 bits per heavy atom. The zero-order chi connectivity index (χ0) is 10.2. The summed E-state index contributed by atoms with van der Waals surface area (Å²) in [5.74, 6) is 0.893. The monoisotopic (exact) mass is 200 g/mol. The molecule has 1 rings (SSSR count). The Labute approximate surface area is 87.6 Å². The van der Waals surface area contributed by atoms with Gasteiger partial charge in [-0.15, -0.1) is 0 Å². The molecular weight excluding hydrogens is 176 g/mol. The molecule has 14 heavy (non-hydrogen) atoms. The van der Waals surface area contributed by atoms with Gasteiger partial charge in [-0.1, -0.05) is 0 Å². The largest absolute Gasteiger partial charge is 0.385 e. The van der Waals surface area contributed by atoms with Crippen LogP contribution in [0.5, 0.6) is 0 Å². The number of nitrogens with two attached hydrogens (primary N) is 1. The molecule has 3 nitrogen and oxygen atoms in total. The van der Waals surface area contributed by atoms with Gasteiger partial charge >= 0.3 is 0 Å². The number of methoxy groups -OCH3 is 1. The first-order valence-electron chi connectivity index (χ1n) is 5.78. The smallest absolute Gasteiger partial charge is 0.0464 e. The molecule has 1 saturated heterocycles. The van der Waals surface area contributed by atoms with E-state index in [4.69, 9.17) is 10.5 Å². The topological polar surface area (TPSA) is 38.5 Å². The van der Waals surface area contributed by atoms with Crippen LogP contribution in [0.15, 0.2) is 0 Å². The number of nitrogens with zero attached hydrogens (tertiary/aromatic N) is 1. The third-order valence-electron chi connectivity index (χ3n) is 3.12. The van der Waals surface area contributed by atoms with Crippen LogP contribution in [0.3, 0.4) is 0 Å². The minimum absolute atomic E-state index is 0.823. The first kappa shape index (κ1) is 12.0. The summed E-state index contributed by atoms with van der Waals surface area (Å²) in [6, 6.07) is 0. The highest BCUT2D eigenvalue weighted by Gasteiger charge is 2.17. The molecule has 1 aliphatic rings. The second-order valence-corrected chi connectivity index (χ2v) is 4.21. The van der Waals surface area contributed by atoms with E-state index in [0.717, 1.165) is 25.5 Å². The fraction of sp³-hybridized carbons (Fsp3) is 1.00. The second-order valence-electron chi connectivity index (χ2n) is 4.21. The first-order valence-corrected chi connectivity index (χ1v) is 5.78. The van der Waals surface area contributed by atoms with E-state index in [-0.39, 0.29) is 0 Å². The lowest BCUT2D eigenvalue weighted by Crippen LogP contribution is -2.35. The Bertz CT molecular complexity index is 117. The Morgan fingerprint density at radius 2 is 2.07 bits per heavy atom. The third kappa shape index (κ3) is 4.40. The number of hydrogen-bond donors (Lipinski definition) is 1. The molecule has 0 saturated carbocycles. The van der Waals surface area contributed by atoms with Crippen LogP contribution in [-0.2, 0) is 4.74 Å². The van der Waals surface area contributed by atoms with Crippen LogP contribution >= 0.6 is 0 Å². The molecule has 0 atom stereocenters. The minimum atomic E-state index is 0.823. The standard InChI is InChI=1S/C11H24N2O/c1-14-10-5-11-3-8-13(9-4-11)7-2-6-12/h11H,2-10,12H2,1H3. The van der Waals surface area contributed by atoms with Gasteiger partial charge in [0, 0.05) is 13.7 Å². The molecule has 0 aromatic heterocycles. The van der Waals surface area contributed by atoms with Crippen LogP contribution in [0.25, 0.3) is 0 Å². The summed E-state index contributed by atoms with van der Waals surface area (Å²) >= 11 is 0. The fourth-order valence-corrected chi connectivity index (χ4v) is 2.10. The van der Waals surface area contributed by atoms with Crippen molar-refractivity contribution < 1.29 is 4.74 Å². The number of ether oxygens (including phenoxy) is 1. The highest BCUT2D eigenvalue weighted by molar-refractivity contribution is 4.72. The van der Waals surface area contributed by atoms with Crippen molar-refractivity contribution in [1.29, 1.82) is 0 Å². The van der Waals surface area contributed by atoms with Crippen molar-refractivity contribution in [2.24, 2.45) is 11.7 Å². The molecule has 0 aromatic rings. The summed E-state index contributed by atoms with van der Waals surface area (Å²) in [5.41, 5.74) is 5.50. The zero-order valence-electron chi connectivity index (χ0n) is 9.37. The molecule has 0 bridgehead atoms. The van der Waals surface area contributed by atoms with Gasteiger partial charge in [-0.2, -0.15) is 0 Å². The van der Waals surface area contributed by atoms with E-state index in [0.29, 0.717) is 0 Å². The van der Waals surface area contributed by atoms with E-state index in [1.54, 1.807) is 7.11 Å². The molecule has 0 unspecified atom stereocenters. The van der Waals surface area contributed by atoms with Crippen LogP contribution < -0.4 is 5.73 Å². The maximum atomic E-state index is 5.50. The van der Waals surface area contributed by atoms with E-state index in [2.05, 4.69) is 4.90 Å². The van der Waals surface area contributed by atoms with Crippen LogP contribution in [0.2, 0.25) is 0 Å². The quantitative estimate of drug-likeness (QED) is 0.697. The first-order chi connectivity index (χ1) is 6.86. The van der Waals surface area contributed by atoms with E-state index in [9.17, 15) is 0 Å². The maximum absolute atomic E-state index is 5.50. The Balaban J connectivity index is 2.05. The van der Waals surface area contributed by atoms with Gasteiger partial charge in [-0.25, -0.2) is 0 Å². The van der Waals surface area contributed by atoms with Crippen molar-refractivity contribution in [2.45, 2.75) is 25.7 Å². The Morgan fingerprint density at radius 3 is 2.64 bits per heavy atom. The highest BCUT2D eigenvalue weighted by atomic mass is 16.5.